The summed E-state index contributed by atoms with van der Waals surface area (Å²) in [5.41, 5.74) is 2.40. The third kappa shape index (κ3) is 3.81. The van der Waals surface area contributed by atoms with E-state index in [1.54, 1.807) is 12.1 Å². The molecule has 1 atom stereocenters. The lowest BCUT2D eigenvalue weighted by molar-refractivity contribution is -0.142. The average Bonchev–Trinajstić information content (AvgIpc) is 2.66. The van der Waals surface area contributed by atoms with Gasteiger partial charge in [-0.05, 0) is 40.8 Å². The molecule has 7 heteroatoms. The second kappa shape index (κ2) is 7.73. The molecule has 2 aromatic rings. The second-order valence-corrected chi connectivity index (χ2v) is 9.73. The van der Waals surface area contributed by atoms with Gasteiger partial charge < -0.3 is 4.74 Å². The van der Waals surface area contributed by atoms with E-state index in [0.29, 0.717) is 0 Å². The molecule has 0 amide bonds. The Hall–Kier alpha value is -1.70. The van der Waals surface area contributed by atoms with Crippen LogP contribution in [0.15, 0.2) is 51.8 Å². The van der Waals surface area contributed by atoms with Gasteiger partial charge in [0, 0.05) is 17.6 Å². The first-order valence-corrected chi connectivity index (χ1v) is 10.9. The van der Waals surface area contributed by atoms with Crippen molar-refractivity contribution >= 4 is 31.9 Å². The molecule has 1 heterocycles. The van der Waals surface area contributed by atoms with Gasteiger partial charge in [-0.3, -0.25) is 4.79 Å². The third-order valence-electron chi connectivity index (χ3n) is 4.86. The summed E-state index contributed by atoms with van der Waals surface area (Å²) < 4.78 is 34.0. The van der Waals surface area contributed by atoms with Crippen LogP contribution in [-0.4, -0.2) is 32.3 Å². The molecule has 0 bridgehead atoms. The first-order valence-electron chi connectivity index (χ1n) is 8.71. The average molecular weight is 452 g/mol. The highest BCUT2D eigenvalue weighted by Gasteiger charge is 2.37. The van der Waals surface area contributed by atoms with Gasteiger partial charge in [-0.1, -0.05) is 54.0 Å². The number of hydrogen-bond acceptors (Lipinski definition) is 4. The van der Waals surface area contributed by atoms with Crippen molar-refractivity contribution < 1.29 is 17.9 Å². The Kier molecular flexibility index (Phi) is 5.74. The number of benzene rings is 2. The SMILES string of the molecule is COC(=O)C1CN(S(=O)(=O)c2ccc(Br)cc2C(C)C)Cc2ccccc21. The van der Waals surface area contributed by atoms with Crippen molar-refractivity contribution in [3.05, 3.63) is 63.6 Å². The van der Waals surface area contributed by atoms with Crippen LogP contribution < -0.4 is 0 Å². The zero-order chi connectivity index (χ0) is 19.8. The van der Waals surface area contributed by atoms with Crippen LogP contribution in [0.1, 0.15) is 42.4 Å². The quantitative estimate of drug-likeness (QED) is 0.658. The summed E-state index contributed by atoms with van der Waals surface area (Å²) in [7, 11) is -2.44. The van der Waals surface area contributed by atoms with Crippen LogP contribution in [-0.2, 0) is 26.1 Å². The van der Waals surface area contributed by atoms with Gasteiger partial charge in [0.2, 0.25) is 10.0 Å². The fraction of sp³-hybridized carbons (Fsp3) is 0.350. The molecule has 0 fully saturated rings. The van der Waals surface area contributed by atoms with Crippen molar-refractivity contribution in [1.29, 1.82) is 0 Å². The van der Waals surface area contributed by atoms with E-state index in [0.717, 1.165) is 21.2 Å². The molecule has 0 saturated carbocycles. The predicted molar refractivity (Wildman–Crippen MR) is 107 cm³/mol. The lowest BCUT2D eigenvalue weighted by Crippen LogP contribution is -2.41. The number of nitrogens with zero attached hydrogens (tertiary/aromatic N) is 1. The first-order chi connectivity index (χ1) is 12.8. The number of hydrogen-bond donors (Lipinski definition) is 0. The topological polar surface area (TPSA) is 63.7 Å². The van der Waals surface area contributed by atoms with Gasteiger partial charge in [0.05, 0.1) is 17.9 Å². The summed E-state index contributed by atoms with van der Waals surface area (Å²) in [6, 6.07) is 12.6. The van der Waals surface area contributed by atoms with Crippen molar-refractivity contribution in [1.82, 2.24) is 4.31 Å². The lowest BCUT2D eigenvalue weighted by Gasteiger charge is -2.33. The van der Waals surface area contributed by atoms with Crippen molar-refractivity contribution in [2.45, 2.75) is 37.1 Å². The van der Waals surface area contributed by atoms with Crippen LogP contribution in [0.25, 0.3) is 0 Å². The van der Waals surface area contributed by atoms with E-state index in [4.69, 9.17) is 4.74 Å². The molecule has 1 aliphatic rings. The fourth-order valence-electron chi connectivity index (χ4n) is 3.45. The van der Waals surface area contributed by atoms with Crippen molar-refractivity contribution in [2.75, 3.05) is 13.7 Å². The maximum Gasteiger partial charge on any atom is 0.314 e. The summed E-state index contributed by atoms with van der Waals surface area (Å²) in [4.78, 5) is 12.6. The normalized spacial score (nSPS) is 17.6. The standard InChI is InChI=1S/C20H22BrNO4S/c1-13(2)17-10-15(21)8-9-19(17)27(24,25)22-11-14-6-4-5-7-16(14)18(12-22)20(23)26-3/h4-10,13,18H,11-12H2,1-3H3. The smallest absolute Gasteiger partial charge is 0.314 e. The zero-order valence-corrected chi connectivity index (χ0v) is 17.9. The number of ether oxygens (including phenoxy) is 1. The molecule has 0 N–H and O–H groups in total. The highest BCUT2D eigenvalue weighted by Crippen LogP contribution is 2.35. The van der Waals surface area contributed by atoms with Crippen LogP contribution in [0.4, 0.5) is 0 Å². The fourth-order valence-corrected chi connectivity index (χ4v) is 5.59. The summed E-state index contributed by atoms with van der Waals surface area (Å²) >= 11 is 3.42. The maximum atomic E-state index is 13.4. The van der Waals surface area contributed by atoms with E-state index in [2.05, 4.69) is 15.9 Å². The minimum absolute atomic E-state index is 0.0424. The lowest BCUT2D eigenvalue weighted by atomic mass is 9.91. The monoisotopic (exact) mass is 451 g/mol. The van der Waals surface area contributed by atoms with Crippen LogP contribution in [0, 0.1) is 0 Å². The molecule has 0 spiro atoms. The molecule has 2 aromatic carbocycles. The van der Waals surface area contributed by atoms with Gasteiger partial charge >= 0.3 is 5.97 Å². The minimum atomic E-state index is -3.77. The van der Waals surface area contributed by atoms with E-state index >= 15 is 0 Å². The highest BCUT2D eigenvalue weighted by atomic mass is 79.9. The van der Waals surface area contributed by atoms with Crippen LogP contribution in [0.3, 0.4) is 0 Å². The van der Waals surface area contributed by atoms with Gasteiger partial charge in [-0.15, -0.1) is 0 Å². The van der Waals surface area contributed by atoms with Crippen LogP contribution >= 0.6 is 15.9 Å². The molecular weight excluding hydrogens is 430 g/mol. The van der Waals surface area contributed by atoms with Crippen molar-refractivity contribution in [3.8, 4) is 0 Å². The molecule has 27 heavy (non-hydrogen) atoms. The second-order valence-electron chi connectivity index (χ2n) is 6.91. The van der Waals surface area contributed by atoms with Gasteiger partial charge in [0.15, 0.2) is 0 Å². The number of rotatable bonds is 4. The Bertz CT molecular complexity index is 972. The Labute approximate surface area is 168 Å². The number of fused-ring (bicyclic) bond motifs is 1. The Morgan fingerprint density at radius 2 is 1.93 bits per heavy atom. The highest BCUT2D eigenvalue weighted by molar-refractivity contribution is 9.10. The maximum absolute atomic E-state index is 13.4. The summed E-state index contributed by atoms with van der Waals surface area (Å²) in [6.07, 6.45) is 0. The molecule has 0 aromatic heterocycles. The molecule has 0 radical (unpaired) electrons. The molecular formula is C20H22BrNO4S. The van der Waals surface area contributed by atoms with E-state index in [1.165, 1.54) is 11.4 Å². The summed E-state index contributed by atoms with van der Waals surface area (Å²) in [6.45, 7) is 4.23. The first kappa shape index (κ1) is 20.0. The van der Waals surface area contributed by atoms with Crippen molar-refractivity contribution in [3.63, 3.8) is 0 Å². The molecule has 5 nitrogen and oxygen atoms in total. The number of carbonyl (C=O) groups is 1. The van der Waals surface area contributed by atoms with Gasteiger partial charge in [0.1, 0.15) is 0 Å². The summed E-state index contributed by atoms with van der Waals surface area (Å²) in [5, 5.41) is 0. The third-order valence-corrected chi connectivity index (χ3v) is 7.24. The molecule has 1 aliphatic heterocycles. The van der Waals surface area contributed by atoms with Gasteiger partial charge in [-0.25, -0.2) is 8.42 Å². The van der Waals surface area contributed by atoms with E-state index in [9.17, 15) is 13.2 Å². The molecule has 3 rings (SSSR count). The minimum Gasteiger partial charge on any atom is -0.469 e. The molecule has 1 unspecified atom stereocenters. The van der Waals surface area contributed by atoms with Gasteiger partial charge in [0.25, 0.3) is 0 Å². The van der Waals surface area contributed by atoms with Gasteiger partial charge in [-0.2, -0.15) is 4.31 Å². The van der Waals surface area contributed by atoms with E-state index < -0.39 is 21.9 Å². The Morgan fingerprint density at radius 3 is 2.59 bits per heavy atom. The Balaban J connectivity index is 2.08. The number of sulfonamides is 1. The number of carbonyl (C=O) groups excluding carboxylic acids is 1. The van der Waals surface area contributed by atoms with Crippen LogP contribution in [0.5, 0.6) is 0 Å². The molecule has 144 valence electrons. The Morgan fingerprint density at radius 1 is 1.22 bits per heavy atom. The molecule has 0 aliphatic carbocycles. The summed E-state index contributed by atoms with van der Waals surface area (Å²) in [5.74, 6) is -1.02. The van der Waals surface area contributed by atoms with Crippen LogP contribution in [0.2, 0.25) is 0 Å². The van der Waals surface area contributed by atoms with Crippen molar-refractivity contribution in [2.24, 2.45) is 0 Å². The number of methoxy groups -OCH3 is 1. The predicted octanol–water partition coefficient (Wildman–Crippen LogP) is 4.03. The number of halogens is 1. The largest absolute Gasteiger partial charge is 0.469 e. The van der Waals surface area contributed by atoms with E-state index in [-0.39, 0.29) is 23.9 Å². The molecule has 0 saturated heterocycles. The zero-order valence-electron chi connectivity index (χ0n) is 15.5. The van der Waals surface area contributed by atoms with E-state index in [1.807, 2.05) is 44.2 Å². The number of esters is 1.